The highest BCUT2D eigenvalue weighted by Gasteiger charge is 2.42. The Labute approximate surface area is 162 Å². The maximum atomic E-state index is 13.0. The number of β-amino-alcohol motifs (C(OH)–C–C–N with tert-alkyl or cyclic N) is 1. The van der Waals surface area contributed by atoms with Crippen LogP contribution in [0.5, 0.6) is 11.5 Å². The van der Waals surface area contributed by atoms with Crippen LogP contribution < -0.4 is 4.74 Å². The molecule has 0 radical (unpaired) electrons. The second kappa shape index (κ2) is 7.01. The van der Waals surface area contributed by atoms with Crippen molar-refractivity contribution in [3.63, 3.8) is 0 Å². The normalized spacial score (nSPS) is 15.8. The topological polar surface area (TPSA) is 98.7 Å². The van der Waals surface area contributed by atoms with Crippen molar-refractivity contribution in [1.29, 1.82) is 0 Å². The van der Waals surface area contributed by atoms with Gasteiger partial charge in [-0.3, -0.25) is 9.89 Å². The molecule has 3 aromatic rings. The minimum atomic E-state index is -0.446. The van der Waals surface area contributed by atoms with Crippen molar-refractivity contribution in [1.82, 2.24) is 15.1 Å². The molecule has 3 N–H and O–H groups in total. The molecule has 0 unspecified atom stereocenters. The molecule has 2 aromatic carbocycles. The number of benzene rings is 2. The predicted molar refractivity (Wildman–Crippen MR) is 103 cm³/mol. The summed E-state index contributed by atoms with van der Waals surface area (Å²) in [7, 11) is 1.59. The fourth-order valence-corrected chi connectivity index (χ4v) is 3.74. The third-order valence-electron chi connectivity index (χ3n) is 5.02. The van der Waals surface area contributed by atoms with E-state index in [2.05, 4.69) is 10.2 Å². The van der Waals surface area contributed by atoms with Gasteiger partial charge in [0.05, 0.1) is 19.8 Å². The number of aryl methyl sites for hydroxylation is 1. The minimum Gasteiger partial charge on any atom is -0.507 e. The quantitative estimate of drug-likeness (QED) is 0.633. The monoisotopic (exact) mass is 379 g/mol. The van der Waals surface area contributed by atoms with Gasteiger partial charge in [0.25, 0.3) is 5.91 Å². The fourth-order valence-electron chi connectivity index (χ4n) is 3.74. The summed E-state index contributed by atoms with van der Waals surface area (Å²) in [5.74, 6) is 0.533. The second-order valence-corrected chi connectivity index (χ2v) is 6.78. The molecule has 28 heavy (non-hydrogen) atoms. The van der Waals surface area contributed by atoms with Crippen molar-refractivity contribution < 1.29 is 19.7 Å². The summed E-state index contributed by atoms with van der Waals surface area (Å²) >= 11 is 0. The number of amides is 1. The number of aromatic nitrogens is 2. The van der Waals surface area contributed by atoms with Crippen LogP contribution in [0.25, 0.3) is 11.3 Å². The highest BCUT2D eigenvalue weighted by Crippen LogP contribution is 2.44. The van der Waals surface area contributed by atoms with Gasteiger partial charge in [0.1, 0.15) is 22.9 Å². The van der Waals surface area contributed by atoms with Crippen LogP contribution in [0.4, 0.5) is 0 Å². The highest BCUT2D eigenvalue weighted by molar-refractivity contribution is 6.00. The number of nitrogens with zero attached hydrogens (tertiary/aromatic N) is 2. The number of hydrogen-bond acceptors (Lipinski definition) is 5. The number of aliphatic hydroxyl groups is 1. The molecule has 0 bridgehead atoms. The molecular formula is C21H21N3O4. The van der Waals surface area contributed by atoms with E-state index in [1.54, 1.807) is 18.1 Å². The number of phenols is 1. The summed E-state index contributed by atoms with van der Waals surface area (Å²) < 4.78 is 5.34. The number of methoxy groups -OCH3 is 1. The lowest BCUT2D eigenvalue weighted by Gasteiger charge is -2.26. The molecule has 0 aliphatic carbocycles. The Kier molecular flexibility index (Phi) is 4.52. The predicted octanol–water partition coefficient (Wildman–Crippen LogP) is 2.64. The van der Waals surface area contributed by atoms with E-state index in [-0.39, 0.29) is 24.8 Å². The number of phenolic OH excluding ortho intramolecular Hbond substituents is 1. The zero-order valence-corrected chi connectivity index (χ0v) is 15.6. The minimum absolute atomic E-state index is 0.0948. The molecule has 4 rings (SSSR count). The van der Waals surface area contributed by atoms with Gasteiger partial charge in [-0.05, 0) is 36.8 Å². The van der Waals surface area contributed by atoms with Crippen LogP contribution in [0.3, 0.4) is 0 Å². The van der Waals surface area contributed by atoms with Gasteiger partial charge in [0.2, 0.25) is 0 Å². The van der Waals surface area contributed by atoms with E-state index in [4.69, 9.17) is 4.74 Å². The molecule has 2 heterocycles. The molecular weight excluding hydrogens is 358 g/mol. The second-order valence-electron chi connectivity index (χ2n) is 6.78. The van der Waals surface area contributed by atoms with Crippen LogP contribution in [0, 0.1) is 6.92 Å². The van der Waals surface area contributed by atoms with Crippen LogP contribution in [0.1, 0.15) is 33.2 Å². The smallest absolute Gasteiger partial charge is 0.273 e. The van der Waals surface area contributed by atoms with Crippen molar-refractivity contribution in [2.45, 2.75) is 13.0 Å². The number of ether oxygens (including phenoxy) is 1. The van der Waals surface area contributed by atoms with Gasteiger partial charge in [-0.25, -0.2) is 0 Å². The number of H-pyrrole nitrogens is 1. The van der Waals surface area contributed by atoms with Crippen LogP contribution >= 0.6 is 0 Å². The zero-order valence-electron chi connectivity index (χ0n) is 15.6. The molecule has 7 nitrogen and oxygen atoms in total. The number of nitrogens with one attached hydrogen (secondary N) is 1. The maximum absolute atomic E-state index is 13.0. The SMILES string of the molecule is COc1cccc([C@@H]2c3c(-c4cc(C)ccc4O)n[nH]c3C(=O)N2CCO)c1. The Morgan fingerprint density at radius 3 is 2.82 bits per heavy atom. The van der Waals surface area contributed by atoms with Gasteiger partial charge in [-0.1, -0.05) is 23.8 Å². The van der Waals surface area contributed by atoms with Crippen LogP contribution in [-0.4, -0.2) is 51.5 Å². The van der Waals surface area contributed by atoms with Gasteiger partial charge in [0, 0.05) is 17.7 Å². The van der Waals surface area contributed by atoms with E-state index >= 15 is 0 Å². The Bertz CT molecular complexity index is 1040. The largest absolute Gasteiger partial charge is 0.507 e. The molecule has 1 aromatic heterocycles. The maximum Gasteiger partial charge on any atom is 0.273 e. The standard InChI is InChI=1S/C21H21N3O4/c1-12-6-7-16(26)15(10-12)18-17-19(23-22-18)21(27)24(8-9-25)20(17)13-4-3-5-14(11-13)28-2/h3-7,10-11,20,25-26H,8-9H2,1-2H3,(H,22,23)/t20-/m1/s1. The lowest BCUT2D eigenvalue weighted by atomic mass is 9.95. The fraction of sp³-hybridized carbons (Fsp3) is 0.238. The first kappa shape index (κ1) is 18.1. The Morgan fingerprint density at radius 2 is 2.07 bits per heavy atom. The summed E-state index contributed by atoms with van der Waals surface area (Å²) in [6.45, 7) is 1.95. The van der Waals surface area contributed by atoms with Crippen molar-refractivity contribution in [2.75, 3.05) is 20.3 Å². The van der Waals surface area contributed by atoms with E-state index in [0.29, 0.717) is 28.3 Å². The first-order chi connectivity index (χ1) is 13.5. The third kappa shape index (κ3) is 2.80. The summed E-state index contributed by atoms with van der Waals surface area (Å²) in [4.78, 5) is 14.6. The molecule has 0 spiro atoms. The van der Waals surface area contributed by atoms with E-state index in [9.17, 15) is 15.0 Å². The number of aromatic hydroxyl groups is 1. The van der Waals surface area contributed by atoms with Gasteiger partial charge < -0.3 is 19.8 Å². The number of carbonyl (C=O) groups excluding carboxylic acids is 1. The average molecular weight is 379 g/mol. The number of aliphatic hydroxyl groups excluding tert-OH is 1. The molecule has 7 heteroatoms. The molecule has 144 valence electrons. The van der Waals surface area contributed by atoms with Crippen LogP contribution in [0.2, 0.25) is 0 Å². The van der Waals surface area contributed by atoms with Gasteiger partial charge in [-0.15, -0.1) is 0 Å². The Hall–Kier alpha value is -3.32. The first-order valence-corrected chi connectivity index (χ1v) is 8.99. The van der Waals surface area contributed by atoms with E-state index in [1.807, 2.05) is 43.3 Å². The lowest BCUT2D eigenvalue weighted by Crippen LogP contribution is -2.32. The number of carbonyl (C=O) groups is 1. The molecule has 1 aliphatic heterocycles. The summed E-state index contributed by atoms with van der Waals surface area (Å²) in [5, 5.41) is 27.1. The number of rotatable bonds is 5. The van der Waals surface area contributed by atoms with Crippen LogP contribution in [-0.2, 0) is 0 Å². The highest BCUT2D eigenvalue weighted by atomic mass is 16.5. The Morgan fingerprint density at radius 1 is 1.25 bits per heavy atom. The number of hydrogen-bond donors (Lipinski definition) is 3. The van der Waals surface area contributed by atoms with Gasteiger partial charge >= 0.3 is 0 Å². The number of aromatic amines is 1. The molecule has 0 fully saturated rings. The van der Waals surface area contributed by atoms with Crippen molar-refractivity contribution in [3.05, 3.63) is 64.8 Å². The summed E-state index contributed by atoms with van der Waals surface area (Å²) in [5.41, 5.74) is 3.96. The van der Waals surface area contributed by atoms with E-state index < -0.39 is 6.04 Å². The lowest BCUT2D eigenvalue weighted by molar-refractivity contribution is 0.0706. The van der Waals surface area contributed by atoms with Gasteiger partial charge in [0.15, 0.2) is 0 Å². The van der Waals surface area contributed by atoms with E-state index in [0.717, 1.165) is 11.1 Å². The van der Waals surface area contributed by atoms with Gasteiger partial charge in [-0.2, -0.15) is 5.10 Å². The summed E-state index contributed by atoms with van der Waals surface area (Å²) in [6, 6.07) is 12.3. The van der Waals surface area contributed by atoms with Crippen molar-refractivity contribution >= 4 is 5.91 Å². The number of fused-ring (bicyclic) bond motifs is 1. The average Bonchev–Trinajstić information content (AvgIpc) is 3.24. The summed E-state index contributed by atoms with van der Waals surface area (Å²) in [6.07, 6.45) is 0. The zero-order chi connectivity index (χ0) is 19.8. The molecule has 1 aliphatic rings. The van der Waals surface area contributed by atoms with Crippen LogP contribution in [0.15, 0.2) is 42.5 Å². The van der Waals surface area contributed by atoms with E-state index in [1.165, 1.54) is 0 Å². The first-order valence-electron chi connectivity index (χ1n) is 8.99. The Balaban J connectivity index is 1.92. The van der Waals surface area contributed by atoms with Crippen molar-refractivity contribution in [2.24, 2.45) is 0 Å². The van der Waals surface area contributed by atoms with Crippen molar-refractivity contribution in [3.8, 4) is 22.8 Å². The molecule has 0 saturated heterocycles. The molecule has 1 amide bonds. The third-order valence-corrected chi connectivity index (χ3v) is 5.02. The molecule has 0 saturated carbocycles. The molecule has 1 atom stereocenters.